The third kappa shape index (κ3) is 7.22. The van der Waals surface area contributed by atoms with E-state index in [2.05, 4.69) is 146 Å². The number of rotatable bonds is 10. The Bertz CT molecular complexity index is 1410. The summed E-state index contributed by atoms with van der Waals surface area (Å²) in [5, 5.41) is 4.54. The minimum atomic E-state index is -1.76. The van der Waals surface area contributed by atoms with Crippen LogP contribution < -0.4 is 32.9 Å². The zero-order valence-electron chi connectivity index (χ0n) is 25.4. The third-order valence-electron chi connectivity index (χ3n) is 9.46. The molecule has 43 heavy (non-hydrogen) atoms. The molecule has 0 bridgehead atoms. The van der Waals surface area contributed by atoms with Gasteiger partial charge in [-0.15, -0.1) is 0 Å². The Kier molecular flexibility index (Phi) is 11.1. The molecule has 0 unspecified atom stereocenters. The first-order valence-corrected chi connectivity index (χ1v) is 18.0. The second kappa shape index (κ2) is 15.1. The van der Waals surface area contributed by atoms with Gasteiger partial charge in [-0.3, -0.25) is 0 Å². The molecular formula is C41H44BrP. The van der Waals surface area contributed by atoms with Gasteiger partial charge in [-0.2, -0.15) is 0 Å². The van der Waals surface area contributed by atoms with Crippen molar-refractivity contribution in [3.8, 4) is 11.1 Å². The van der Waals surface area contributed by atoms with Crippen molar-refractivity contribution in [3.05, 3.63) is 151 Å². The summed E-state index contributed by atoms with van der Waals surface area (Å²) in [6, 6.07) is 52.9. The second-order valence-corrected chi connectivity index (χ2v) is 15.7. The molecule has 0 atom stereocenters. The summed E-state index contributed by atoms with van der Waals surface area (Å²) in [6.07, 6.45) is 10.1. The zero-order valence-corrected chi connectivity index (χ0v) is 27.9. The van der Waals surface area contributed by atoms with Crippen LogP contribution in [0.25, 0.3) is 11.1 Å². The van der Waals surface area contributed by atoms with Crippen LogP contribution in [0.2, 0.25) is 0 Å². The van der Waals surface area contributed by atoms with E-state index in [0.717, 1.165) is 5.92 Å². The lowest BCUT2D eigenvalue weighted by molar-refractivity contribution is -0.00000829. The smallest absolute Gasteiger partial charge is 0.112 e. The first kappa shape index (κ1) is 31.4. The summed E-state index contributed by atoms with van der Waals surface area (Å²) < 4.78 is 0. The Morgan fingerprint density at radius 1 is 0.535 bits per heavy atom. The molecule has 0 amide bonds. The molecular weight excluding hydrogens is 603 g/mol. The van der Waals surface area contributed by atoms with E-state index in [1.165, 1.54) is 89.3 Å². The number of halogens is 1. The summed E-state index contributed by atoms with van der Waals surface area (Å²) in [5.41, 5.74) is 5.63. The fourth-order valence-electron chi connectivity index (χ4n) is 7.07. The van der Waals surface area contributed by atoms with Gasteiger partial charge in [0.25, 0.3) is 0 Å². The van der Waals surface area contributed by atoms with Crippen LogP contribution in [0.1, 0.15) is 62.5 Å². The molecule has 0 heterocycles. The van der Waals surface area contributed by atoms with Crippen molar-refractivity contribution < 1.29 is 17.0 Å². The highest BCUT2D eigenvalue weighted by Crippen LogP contribution is 2.58. The maximum absolute atomic E-state index is 2.40. The van der Waals surface area contributed by atoms with Gasteiger partial charge in [-0.05, 0) is 109 Å². The maximum Gasteiger partial charge on any atom is 0.112 e. The number of benzene rings is 5. The van der Waals surface area contributed by atoms with E-state index in [-0.39, 0.29) is 17.0 Å². The Hall–Kier alpha value is -2.99. The minimum Gasteiger partial charge on any atom is -1.00 e. The van der Waals surface area contributed by atoms with Gasteiger partial charge in [0.2, 0.25) is 0 Å². The maximum atomic E-state index is 2.40. The lowest BCUT2D eigenvalue weighted by Gasteiger charge is -2.34. The molecule has 1 aliphatic carbocycles. The minimum absolute atomic E-state index is 0. The van der Waals surface area contributed by atoms with Gasteiger partial charge in [0.1, 0.15) is 23.2 Å². The lowest BCUT2D eigenvalue weighted by atomic mass is 9.79. The van der Waals surface area contributed by atoms with Crippen LogP contribution in [0.4, 0.5) is 0 Å². The number of hydrogen-bond acceptors (Lipinski definition) is 0. The van der Waals surface area contributed by atoms with Crippen LogP contribution in [-0.4, -0.2) is 6.16 Å². The van der Waals surface area contributed by atoms with Crippen LogP contribution in [-0.2, 0) is 6.42 Å². The summed E-state index contributed by atoms with van der Waals surface area (Å²) in [6.45, 7) is 2.26. The molecule has 0 saturated heterocycles. The molecule has 0 N–H and O–H groups in total. The van der Waals surface area contributed by atoms with Gasteiger partial charge < -0.3 is 17.0 Å². The summed E-state index contributed by atoms with van der Waals surface area (Å²) >= 11 is 0. The van der Waals surface area contributed by atoms with Crippen molar-refractivity contribution in [3.63, 3.8) is 0 Å². The highest BCUT2D eigenvalue weighted by Gasteiger charge is 2.47. The highest BCUT2D eigenvalue weighted by molar-refractivity contribution is 7.95. The molecule has 1 saturated carbocycles. The van der Waals surface area contributed by atoms with Crippen LogP contribution in [0.15, 0.2) is 140 Å². The van der Waals surface area contributed by atoms with Crippen LogP contribution in [0.3, 0.4) is 0 Å². The summed E-state index contributed by atoms with van der Waals surface area (Å²) in [5.74, 6) is 1.41. The first-order valence-electron chi connectivity index (χ1n) is 16.0. The number of aryl methyl sites for hydroxylation is 1. The van der Waals surface area contributed by atoms with E-state index in [4.69, 9.17) is 0 Å². The topological polar surface area (TPSA) is 0 Å². The Morgan fingerprint density at radius 2 is 0.977 bits per heavy atom. The van der Waals surface area contributed by atoms with Gasteiger partial charge in [-0.1, -0.05) is 116 Å². The van der Waals surface area contributed by atoms with Crippen molar-refractivity contribution in [1.82, 2.24) is 0 Å². The van der Waals surface area contributed by atoms with Gasteiger partial charge in [-0.25, -0.2) is 0 Å². The van der Waals surface area contributed by atoms with E-state index >= 15 is 0 Å². The Morgan fingerprint density at radius 3 is 1.42 bits per heavy atom. The van der Waals surface area contributed by atoms with E-state index in [1.807, 2.05) is 0 Å². The van der Waals surface area contributed by atoms with Gasteiger partial charge in [0, 0.05) is 0 Å². The molecule has 5 aromatic carbocycles. The normalized spacial score (nSPS) is 16.8. The SMILES string of the molecule is CCCCc1ccc(-c2ccc([C@H]3CC[C@H](C[P+](c4ccccc4)(c4ccccc4)c4ccccc4)CC3)cc2)cc1.[Br-]. The quantitative estimate of drug-likeness (QED) is 0.144. The monoisotopic (exact) mass is 646 g/mol. The second-order valence-electron chi connectivity index (χ2n) is 12.1. The van der Waals surface area contributed by atoms with Crippen molar-refractivity contribution >= 4 is 23.2 Å². The average molecular weight is 648 g/mol. The molecule has 0 aliphatic heterocycles. The zero-order chi connectivity index (χ0) is 28.6. The molecule has 1 aliphatic rings. The van der Waals surface area contributed by atoms with E-state index in [0.29, 0.717) is 5.92 Å². The van der Waals surface area contributed by atoms with E-state index in [1.54, 1.807) is 0 Å². The standard InChI is InChI=1S/C41H44P.BrH/c1-2-3-13-33-20-24-35(25-21-33)37-28-30-38(31-29-37)36-26-22-34(23-27-36)32-42(39-14-7-4-8-15-39,40-16-9-5-10-17-40)41-18-11-6-12-19-41;/h4-12,14-21,24-25,28-31,34,36H,2-3,13,22-23,26-27,32H2,1H3;1H/q+1;/p-1/t34-,36-;. The third-order valence-corrected chi connectivity index (χ3v) is 14.1. The molecule has 0 aromatic heterocycles. The Balaban J connectivity index is 0.00000368. The lowest BCUT2D eigenvalue weighted by Crippen LogP contribution is -3.00. The number of hydrogen-bond donors (Lipinski definition) is 0. The summed E-state index contributed by atoms with van der Waals surface area (Å²) in [7, 11) is -1.76. The van der Waals surface area contributed by atoms with Crippen molar-refractivity contribution in [2.45, 2.75) is 57.8 Å². The van der Waals surface area contributed by atoms with E-state index in [9.17, 15) is 0 Å². The summed E-state index contributed by atoms with van der Waals surface area (Å²) in [4.78, 5) is 0. The number of unbranched alkanes of at least 4 members (excludes halogenated alkanes) is 1. The fraction of sp³-hybridized carbons (Fsp3) is 0.268. The Labute approximate surface area is 270 Å². The van der Waals surface area contributed by atoms with Crippen molar-refractivity contribution in [2.75, 3.05) is 6.16 Å². The van der Waals surface area contributed by atoms with Gasteiger partial charge in [0.05, 0.1) is 6.16 Å². The van der Waals surface area contributed by atoms with Gasteiger partial charge >= 0.3 is 0 Å². The molecule has 6 rings (SSSR count). The fourth-order valence-corrected chi connectivity index (χ4v) is 11.8. The predicted octanol–water partition coefficient (Wildman–Crippen LogP) is 6.97. The molecule has 5 aromatic rings. The largest absolute Gasteiger partial charge is 1.00 e. The molecule has 0 spiro atoms. The predicted molar refractivity (Wildman–Crippen MR) is 185 cm³/mol. The molecule has 2 heteroatoms. The van der Waals surface area contributed by atoms with Crippen LogP contribution in [0.5, 0.6) is 0 Å². The van der Waals surface area contributed by atoms with E-state index < -0.39 is 7.26 Å². The molecule has 1 fully saturated rings. The molecule has 0 radical (unpaired) electrons. The van der Waals surface area contributed by atoms with Crippen molar-refractivity contribution in [2.24, 2.45) is 5.92 Å². The van der Waals surface area contributed by atoms with Gasteiger partial charge in [0.15, 0.2) is 0 Å². The van der Waals surface area contributed by atoms with Crippen molar-refractivity contribution in [1.29, 1.82) is 0 Å². The first-order chi connectivity index (χ1) is 20.8. The van der Waals surface area contributed by atoms with Crippen LogP contribution >= 0.6 is 7.26 Å². The average Bonchev–Trinajstić information content (AvgIpc) is 3.08. The van der Waals surface area contributed by atoms with Crippen LogP contribution in [0, 0.1) is 5.92 Å². The highest BCUT2D eigenvalue weighted by atomic mass is 79.9. The molecule has 220 valence electrons. The molecule has 0 nitrogen and oxygen atoms in total.